The molecular weight excluding hydrogens is 314 g/mol. The zero-order valence-corrected chi connectivity index (χ0v) is 14.4. The first-order chi connectivity index (χ1) is 11.0. The van der Waals surface area contributed by atoms with Crippen LogP contribution in [-0.4, -0.2) is 62.6 Å². The molecule has 7 heteroatoms. The van der Waals surface area contributed by atoms with Gasteiger partial charge in [0.25, 0.3) is 0 Å². The second-order valence-corrected chi connectivity index (χ2v) is 7.79. The second kappa shape index (κ2) is 8.42. The van der Waals surface area contributed by atoms with Gasteiger partial charge in [0.1, 0.15) is 0 Å². The van der Waals surface area contributed by atoms with Gasteiger partial charge >= 0.3 is 0 Å². The van der Waals surface area contributed by atoms with E-state index in [0.29, 0.717) is 13.1 Å². The quantitative estimate of drug-likeness (QED) is 0.792. The highest BCUT2D eigenvalue weighted by molar-refractivity contribution is 7.89. The monoisotopic (exact) mass is 339 g/mol. The topological polar surface area (TPSA) is 69.7 Å². The summed E-state index contributed by atoms with van der Waals surface area (Å²) in [5, 5.41) is 0. The summed E-state index contributed by atoms with van der Waals surface area (Å²) in [7, 11) is -3.22. The van der Waals surface area contributed by atoms with Crippen LogP contribution < -0.4 is 4.72 Å². The summed E-state index contributed by atoms with van der Waals surface area (Å²) >= 11 is 0. The number of sulfonamides is 1. The maximum atomic E-state index is 12.1. The molecule has 1 N–H and O–H groups in total. The van der Waals surface area contributed by atoms with Gasteiger partial charge in [-0.3, -0.25) is 9.69 Å². The molecule has 6 nitrogen and oxygen atoms in total. The van der Waals surface area contributed by atoms with Gasteiger partial charge in [-0.1, -0.05) is 30.3 Å². The lowest BCUT2D eigenvalue weighted by atomic mass is 10.2. The van der Waals surface area contributed by atoms with Crippen LogP contribution >= 0.6 is 0 Å². The Hall–Kier alpha value is -1.44. The molecule has 1 aliphatic rings. The van der Waals surface area contributed by atoms with Crippen LogP contribution in [0, 0.1) is 0 Å². The van der Waals surface area contributed by atoms with Gasteiger partial charge in [0.2, 0.25) is 15.9 Å². The average molecular weight is 339 g/mol. The summed E-state index contributed by atoms with van der Waals surface area (Å²) in [6, 6.07) is 10.3. The van der Waals surface area contributed by atoms with Gasteiger partial charge in [0.15, 0.2) is 0 Å². The zero-order valence-electron chi connectivity index (χ0n) is 13.6. The molecule has 1 amide bonds. The molecule has 2 rings (SSSR count). The maximum Gasteiger partial charge on any atom is 0.223 e. The summed E-state index contributed by atoms with van der Waals surface area (Å²) < 4.78 is 25.1. The number of carbonyl (C=O) groups is 1. The molecule has 1 fully saturated rings. The number of carbonyl (C=O) groups excluding carboxylic acids is 1. The van der Waals surface area contributed by atoms with Gasteiger partial charge < -0.3 is 4.90 Å². The van der Waals surface area contributed by atoms with Crippen LogP contribution in [0.15, 0.2) is 30.3 Å². The third-order valence-electron chi connectivity index (χ3n) is 4.01. The Labute approximate surface area is 138 Å². The highest BCUT2D eigenvalue weighted by atomic mass is 32.2. The molecule has 0 aliphatic carbocycles. The number of rotatable bonds is 7. The summed E-state index contributed by atoms with van der Waals surface area (Å²) in [5.41, 5.74) is 1.28. The van der Waals surface area contributed by atoms with Crippen LogP contribution in [0.4, 0.5) is 0 Å². The highest BCUT2D eigenvalue weighted by Gasteiger charge is 2.21. The van der Waals surface area contributed by atoms with E-state index in [4.69, 9.17) is 0 Å². The second-order valence-electron chi connectivity index (χ2n) is 5.69. The summed E-state index contributed by atoms with van der Waals surface area (Å²) in [4.78, 5) is 16.3. The first-order valence-corrected chi connectivity index (χ1v) is 9.67. The van der Waals surface area contributed by atoms with E-state index in [1.165, 1.54) is 5.56 Å². The molecule has 0 saturated carbocycles. The summed E-state index contributed by atoms with van der Waals surface area (Å²) in [6.07, 6.45) is 0.220. The largest absolute Gasteiger partial charge is 0.340 e. The Bertz CT molecular complexity index is 596. The minimum Gasteiger partial charge on any atom is -0.340 e. The normalized spacial score (nSPS) is 16.5. The van der Waals surface area contributed by atoms with E-state index in [9.17, 15) is 13.2 Å². The number of nitrogens with one attached hydrogen (secondary N) is 1. The Morgan fingerprint density at radius 3 is 2.39 bits per heavy atom. The zero-order chi connectivity index (χ0) is 16.7. The molecule has 0 aromatic heterocycles. The molecule has 1 saturated heterocycles. The van der Waals surface area contributed by atoms with Crippen LogP contribution in [-0.2, 0) is 21.4 Å². The van der Waals surface area contributed by atoms with Gasteiger partial charge in [-0.05, 0) is 12.5 Å². The predicted octanol–water partition coefficient (Wildman–Crippen LogP) is 0.660. The number of hydrogen-bond donors (Lipinski definition) is 1. The molecule has 23 heavy (non-hydrogen) atoms. The van der Waals surface area contributed by atoms with Crippen LogP contribution in [0.25, 0.3) is 0 Å². The van der Waals surface area contributed by atoms with Crippen LogP contribution in [0.2, 0.25) is 0 Å². The van der Waals surface area contributed by atoms with E-state index >= 15 is 0 Å². The van der Waals surface area contributed by atoms with Crippen molar-refractivity contribution in [2.75, 3.05) is 38.5 Å². The number of nitrogens with zero attached hydrogens (tertiary/aromatic N) is 2. The van der Waals surface area contributed by atoms with E-state index in [1.54, 1.807) is 6.92 Å². The molecule has 0 bridgehead atoms. The molecule has 0 atom stereocenters. The SMILES string of the molecule is CCS(=O)(=O)NCCC(=O)N1CCN(Cc2ccccc2)CC1. The number of hydrogen-bond acceptors (Lipinski definition) is 4. The lowest BCUT2D eigenvalue weighted by molar-refractivity contribution is -0.132. The van der Waals surface area contributed by atoms with Crippen molar-refractivity contribution in [2.24, 2.45) is 0 Å². The van der Waals surface area contributed by atoms with E-state index in [1.807, 2.05) is 23.1 Å². The van der Waals surface area contributed by atoms with Crippen molar-refractivity contribution < 1.29 is 13.2 Å². The maximum absolute atomic E-state index is 12.1. The van der Waals surface area contributed by atoms with E-state index < -0.39 is 10.0 Å². The van der Waals surface area contributed by atoms with Crippen molar-refractivity contribution in [3.05, 3.63) is 35.9 Å². The molecule has 0 spiro atoms. The van der Waals surface area contributed by atoms with Gasteiger partial charge in [-0.25, -0.2) is 13.1 Å². The lowest BCUT2D eigenvalue weighted by Gasteiger charge is -2.34. The summed E-state index contributed by atoms with van der Waals surface area (Å²) in [6.45, 7) is 5.76. The Morgan fingerprint density at radius 2 is 1.78 bits per heavy atom. The van der Waals surface area contributed by atoms with Crippen LogP contribution in [0.3, 0.4) is 0 Å². The molecule has 0 unspecified atom stereocenters. The van der Waals surface area contributed by atoms with Crippen molar-refractivity contribution in [3.63, 3.8) is 0 Å². The van der Waals surface area contributed by atoms with Gasteiger partial charge in [-0.15, -0.1) is 0 Å². The van der Waals surface area contributed by atoms with Crippen LogP contribution in [0.1, 0.15) is 18.9 Å². The molecule has 1 aromatic carbocycles. The van der Waals surface area contributed by atoms with Gasteiger partial charge in [-0.2, -0.15) is 0 Å². The number of piperazine rings is 1. The lowest BCUT2D eigenvalue weighted by Crippen LogP contribution is -2.48. The van der Waals surface area contributed by atoms with Crippen molar-refractivity contribution in [3.8, 4) is 0 Å². The Balaban J connectivity index is 1.70. The standard InChI is InChI=1S/C16H25N3O3S/c1-2-23(21,22)17-9-8-16(20)19-12-10-18(11-13-19)14-15-6-4-3-5-7-15/h3-7,17H,2,8-14H2,1H3. The first kappa shape index (κ1) is 17.9. The third kappa shape index (κ3) is 5.93. The molecular formula is C16H25N3O3S. The smallest absolute Gasteiger partial charge is 0.223 e. The molecule has 1 aliphatic heterocycles. The van der Waals surface area contributed by atoms with Crippen molar-refractivity contribution in [1.82, 2.24) is 14.5 Å². The highest BCUT2D eigenvalue weighted by Crippen LogP contribution is 2.09. The molecule has 1 heterocycles. The average Bonchev–Trinajstić information content (AvgIpc) is 2.56. The van der Waals surface area contributed by atoms with Crippen LogP contribution in [0.5, 0.6) is 0 Å². The van der Waals surface area contributed by atoms with Crippen molar-refractivity contribution >= 4 is 15.9 Å². The van der Waals surface area contributed by atoms with Crippen molar-refractivity contribution in [1.29, 1.82) is 0 Å². The fraction of sp³-hybridized carbons (Fsp3) is 0.562. The van der Waals surface area contributed by atoms with Crippen molar-refractivity contribution in [2.45, 2.75) is 19.9 Å². The Kier molecular flexibility index (Phi) is 6.56. The predicted molar refractivity (Wildman–Crippen MR) is 90.4 cm³/mol. The van der Waals surface area contributed by atoms with Gasteiger partial charge in [0.05, 0.1) is 5.75 Å². The van der Waals surface area contributed by atoms with E-state index in [2.05, 4.69) is 21.8 Å². The minimum absolute atomic E-state index is 0.0168. The fourth-order valence-electron chi connectivity index (χ4n) is 2.57. The first-order valence-electron chi connectivity index (χ1n) is 8.01. The van der Waals surface area contributed by atoms with E-state index in [-0.39, 0.29) is 24.6 Å². The summed E-state index contributed by atoms with van der Waals surface area (Å²) in [5.74, 6) is 0.0578. The molecule has 0 radical (unpaired) electrons. The molecule has 128 valence electrons. The van der Waals surface area contributed by atoms with E-state index in [0.717, 1.165) is 19.6 Å². The molecule has 1 aromatic rings. The Morgan fingerprint density at radius 1 is 1.13 bits per heavy atom. The fourth-order valence-corrected chi connectivity index (χ4v) is 3.19. The number of benzene rings is 1. The number of amides is 1. The van der Waals surface area contributed by atoms with Gasteiger partial charge in [0, 0.05) is 45.7 Å². The minimum atomic E-state index is -3.22. The third-order valence-corrected chi connectivity index (χ3v) is 5.42.